The van der Waals surface area contributed by atoms with Crippen LogP contribution in [0.25, 0.3) is 0 Å². The van der Waals surface area contributed by atoms with E-state index in [1.54, 1.807) is 32.0 Å². The van der Waals surface area contributed by atoms with Crippen molar-refractivity contribution >= 4 is 27.5 Å². The molecule has 2 aromatic rings. The van der Waals surface area contributed by atoms with Gasteiger partial charge in [-0.2, -0.15) is 0 Å². The summed E-state index contributed by atoms with van der Waals surface area (Å²) in [4.78, 5) is 12.1. The first-order chi connectivity index (χ1) is 8.99. The summed E-state index contributed by atoms with van der Waals surface area (Å²) in [5.41, 5.74) is 2.73. The van der Waals surface area contributed by atoms with E-state index < -0.39 is 0 Å². The number of halogens is 1. The van der Waals surface area contributed by atoms with E-state index in [0.717, 1.165) is 15.6 Å². The maximum absolute atomic E-state index is 12.1. The van der Waals surface area contributed by atoms with Gasteiger partial charge in [-0.3, -0.25) is 4.79 Å². The lowest BCUT2D eigenvalue weighted by molar-refractivity contribution is 0.102. The summed E-state index contributed by atoms with van der Waals surface area (Å²) in [5, 5.41) is 12.5. The third kappa shape index (κ3) is 2.96. The van der Waals surface area contributed by atoms with E-state index in [-0.39, 0.29) is 11.7 Å². The zero-order valence-electron chi connectivity index (χ0n) is 10.7. The highest BCUT2D eigenvalue weighted by Gasteiger charge is 2.11. The summed E-state index contributed by atoms with van der Waals surface area (Å²) in [6, 6.07) is 10.7. The Bertz CT molecular complexity index is 615. The fraction of sp³-hybridized carbons (Fsp3) is 0.133. The van der Waals surface area contributed by atoms with Gasteiger partial charge in [-0.05, 0) is 65.2 Å². The van der Waals surface area contributed by atoms with Crippen molar-refractivity contribution in [1.29, 1.82) is 0 Å². The molecule has 98 valence electrons. The molecule has 0 heterocycles. The van der Waals surface area contributed by atoms with Crippen LogP contribution in [0.4, 0.5) is 5.69 Å². The number of amides is 1. The fourth-order valence-electron chi connectivity index (χ4n) is 1.87. The highest BCUT2D eigenvalue weighted by atomic mass is 79.9. The molecule has 2 aromatic carbocycles. The van der Waals surface area contributed by atoms with Crippen molar-refractivity contribution in [2.75, 3.05) is 5.32 Å². The maximum atomic E-state index is 12.1. The number of carbonyl (C=O) groups is 1. The van der Waals surface area contributed by atoms with Gasteiger partial charge in [-0.25, -0.2) is 0 Å². The quantitative estimate of drug-likeness (QED) is 0.821. The Kier molecular flexibility index (Phi) is 3.90. The molecule has 2 rings (SSSR count). The number of carbonyl (C=O) groups excluding carboxylic acids is 1. The van der Waals surface area contributed by atoms with Crippen LogP contribution >= 0.6 is 15.9 Å². The second-order valence-electron chi connectivity index (χ2n) is 4.39. The van der Waals surface area contributed by atoms with Crippen molar-refractivity contribution in [3.05, 3.63) is 57.6 Å². The van der Waals surface area contributed by atoms with E-state index in [2.05, 4.69) is 21.2 Å². The number of rotatable bonds is 2. The first-order valence-corrected chi connectivity index (χ1v) is 6.64. The van der Waals surface area contributed by atoms with E-state index in [4.69, 9.17) is 0 Å². The molecule has 0 saturated carbocycles. The number of benzene rings is 2. The minimum Gasteiger partial charge on any atom is -0.507 e. The topological polar surface area (TPSA) is 49.3 Å². The number of nitrogens with one attached hydrogen (secondary N) is 1. The molecular formula is C15H14BrNO2. The van der Waals surface area contributed by atoms with E-state index >= 15 is 0 Å². The highest BCUT2D eigenvalue weighted by molar-refractivity contribution is 9.10. The number of hydrogen-bond acceptors (Lipinski definition) is 2. The minimum absolute atomic E-state index is 0.183. The predicted octanol–water partition coefficient (Wildman–Crippen LogP) is 4.02. The van der Waals surface area contributed by atoms with Crippen LogP contribution in [0, 0.1) is 13.8 Å². The normalized spacial score (nSPS) is 10.3. The van der Waals surface area contributed by atoms with E-state index in [1.807, 2.05) is 18.2 Å². The number of aryl methyl sites for hydroxylation is 2. The lowest BCUT2D eigenvalue weighted by atomic mass is 10.1. The Balaban J connectivity index is 2.27. The Labute approximate surface area is 120 Å². The molecule has 0 fully saturated rings. The number of aromatic hydroxyl groups is 1. The first-order valence-electron chi connectivity index (χ1n) is 5.85. The van der Waals surface area contributed by atoms with Gasteiger partial charge >= 0.3 is 0 Å². The van der Waals surface area contributed by atoms with Crippen LogP contribution in [0.2, 0.25) is 0 Å². The molecule has 0 atom stereocenters. The maximum Gasteiger partial charge on any atom is 0.256 e. The van der Waals surface area contributed by atoms with Crippen LogP contribution in [0.5, 0.6) is 5.75 Å². The van der Waals surface area contributed by atoms with Crippen molar-refractivity contribution in [3.63, 3.8) is 0 Å². The van der Waals surface area contributed by atoms with Gasteiger partial charge in [-0.1, -0.05) is 12.1 Å². The van der Waals surface area contributed by atoms with Crippen LogP contribution in [0.3, 0.4) is 0 Å². The lowest BCUT2D eigenvalue weighted by Crippen LogP contribution is -2.12. The summed E-state index contributed by atoms with van der Waals surface area (Å²) in [6.45, 7) is 3.60. The largest absolute Gasteiger partial charge is 0.507 e. The van der Waals surface area contributed by atoms with Gasteiger partial charge in [0.2, 0.25) is 0 Å². The van der Waals surface area contributed by atoms with Crippen molar-refractivity contribution in [1.82, 2.24) is 0 Å². The summed E-state index contributed by atoms with van der Waals surface area (Å²) in [6.07, 6.45) is 0. The van der Waals surface area contributed by atoms with Crippen LogP contribution in [-0.2, 0) is 0 Å². The smallest absolute Gasteiger partial charge is 0.256 e. The third-order valence-corrected chi connectivity index (χ3v) is 3.56. The Morgan fingerprint density at radius 2 is 1.74 bits per heavy atom. The Morgan fingerprint density at radius 1 is 1.16 bits per heavy atom. The standard InChI is InChI=1S/C15H14BrNO2/c1-9-7-11(8-10(2)14(9)18)17-15(19)12-5-3-4-6-13(12)16/h3-8,18H,1-2H3,(H,17,19). The molecule has 0 aromatic heterocycles. The van der Waals surface area contributed by atoms with Crippen LogP contribution in [0.1, 0.15) is 21.5 Å². The molecule has 0 saturated heterocycles. The summed E-state index contributed by atoms with van der Waals surface area (Å²) >= 11 is 3.35. The van der Waals surface area contributed by atoms with Gasteiger partial charge in [-0.15, -0.1) is 0 Å². The highest BCUT2D eigenvalue weighted by Crippen LogP contribution is 2.26. The number of phenols is 1. The van der Waals surface area contributed by atoms with Gasteiger partial charge < -0.3 is 10.4 Å². The zero-order chi connectivity index (χ0) is 14.0. The molecule has 0 bridgehead atoms. The summed E-state index contributed by atoms with van der Waals surface area (Å²) in [5.74, 6) is 0.0795. The van der Waals surface area contributed by atoms with E-state index in [0.29, 0.717) is 11.3 Å². The van der Waals surface area contributed by atoms with Crippen LogP contribution in [0.15, 0.2) is 40.9 Å². The average Bonchev–Trinajstić information content (AvgIpc) is 2.36. The molecule has 0 radical (unpaired) electrons. The molecule has 4 heteroatoms. The second kappa shape index (κ2) is 5.45. The molecule has 0 aliphatic heterocycles. The molecule has 3 nitrogen and oxygen atoms in total. The van der Waals surface area contributed by atoms with Gasteiger partial charge in [0.05, 0.1) is 5.56 Å². The van der Waals surface area contributed by atoms with Gasteiger partial charge in [0.1, 0.15) is 5.75 Å². The molecule has 2 N–H and O–H groups in total. The Morgan fingerprint density at radius 3 is 2.32 bits per heavy atom. The molecule has 0 unspecified atom stereocenters. The summed E-state index contributed by atoms with van der Waals surface area (Å²) < 4.78 is 0.750. The van der Waals surface area contributed by atoms with Gasteiger partial charge in [0, 0.05) is 10.2 Å². The molecule has 19 heavy (non-hydrogen) atoms. The van der Waals surface area contributed by atoms with Gasteiger partial charge in [0.25, 0.3) is 5.91 Å². The first kappa shape index (κ1) is 13.6. The van der Waals surface area contributed by atoms with Crippen molar-refractivity contribution in [2.24, 2.45) is 0 Å². The van der Waals surface area contributed by atoms with Crippen molar-refractivity contribution < 1.29 is 9.90 Å². The van der Waals surface area contributed by atoms with Gasteiger partial charge in [0.15, 0.2) is 0 Å². The van der Waals surface area contributed by atoms with Crippen LogP contribution < -0.4 is 5.32 Å². The SMILES string of the molecule is Cc1cc(NC(=O)c2ccccc2Br)cc(C)c1O. The monoisotopic (exact) mass is 319 g/mol. The zero-order valence-corrected chi connectivity index (χ0v) is 12.3. The molecular weight excluding hydrogens is 306 g/mol. The average molecular weight is 320 g/mol. The van der Waals surface area contributed by atoms with Crippen molar-refractivity contribution in [3.8, 4) is 5.75 Å². The Hall–Kier alpha value is -1.81. The summed E-state index contributed by atoms with van der Waals surface area (Å²) in [7, 11) is 0. The van der Waals surface area contributed by atoms with E-state index in [1.165, 1.54) is 0 Å². The predicted molar refractivity (Wildman–Crippen MR) is 79.7 cm³/mol. The minimum atomic E-state index is -0.183. The van der Waals surface area contributed by atoms with Crippen molar-refractivity contribution in [2.45, 2.75) is 13.8 Å². The fourth-order valence-corrected chi connectivity index (χ4v) is 2.34. The molecule has 0 aliphatic carbocycles. The molecule has 0 spiro atoms. The number of hydrogen-bond donors (Lipinski definition) is 2. The van der Waals surface area contributed by atoms with Crippen LogP contribution in [-0.4, -0.2) is 11.0 Å². The molecule has 0 aliphatic rings. The molecule has 1 amide bonds. The second-order valence-corrected chi connectivity index (χ2v) is 5.25. The third-order valence-electron chi connectivity index (χ3n) is 2.87. The number of anilines is 1. The lowest BCUT2D eigenvalue weighted by Gasteiger charge is -2.10. The van der Waals surface area contributed by atoms with E-state index in [9.17, 15) is 9.90 Å². The number of phenolic OH excluding ortho intramolecular Hbond substituents is 1.